The molecule has 0 aliphatic carbocycles. The molecule has 146 valence electrons. The average Bonchev–Trinajstić information content (AvgIpc) is 3.27. The molecule has 1 atom stereocenters. The van der Waals surface area contributed by atoms with Gasteiger partial charge in [0.2, 0.25) is 4.96 Å². The van der Waals surface area contributed by atoms with Gasteiger partial charge in [0.15, 0.2) is 5.16 Å². The molecule has 4 aromatic rings. The number of thiazole rings is 1. The van der Waals surface area contributed by atoms with Crippen molar-refractivity contribution in [1.82, 2.24) is 14.6 Å². The molecule has 2 heterocycles. The third-order valence-corrected chi connectivity index (χ3v) is 6.27. The van der Waals surface area contributed by atoms with Crippen molar-refractivity contribution in [1.29, 1.82) is 0 Å². The molecule has 6 nitrogen and oxygen atoms in total. The zero-order valence-corrected chi connectivity index (χ0v) is 17.2. The number of benzene rings is 2. The molecule has 28 heavy (non-hydrogen) atoms. The standard InChI is InChI=1S/C19H18ClN3O3S2/c20-13-5-7-15(8-6-13)26-10-9-25-11-14(24)12-27-18-21-22-19-23(18)16-3-1-2-4-17(16)28-19/h1-8,14,24H,9-12H2/t14-/m1/s1. The molecule has 0 spiro atoms. The number of para-hydroxylation sites is 1. The number of hydrogen-bond donors (Lipinski definition) is 1. The molecule has 0 fully saturated rings. The Kier molecular flexibility index (Phi) is 6.33. The van der Waals surface area contributed by atoms with E-state index in [1.54, 1.807) is 35.6 Å². The molecule has 0 unspecified atom stereocenters. The lowest BCUT2D eigenvalue weighted by Gasteiger charge is -2.11. The van der Waals surface area contributed by atoms with E-state index < -0.39 is 6.10 Å². The van der Waals surface area contributed by atoms with E-state index in [1.165, 1.54) is 16.5 Å². The smallest absolute Gasteiger partial charge is 0.217 e. The molecule has 0 aliphatic heterocycles. The fourth-order valence-electron chi connectivity index (χ4n) is 2.64. The first-order valence-corrected chi connectivity index (χ1v) is 10.9. The van der Waals surface area contributed by atoms with Crippen LogP contribution in [0.4, 0.5) is 0 Å². The van der Waals surface area contributed by atoms with Crippen LogP contribution in [-0.4, -0.2) is 51.4 Å². The normalized spacial score (nSPS) is 12.6. The average molecular weight is 436 g/mol. The molecule has 2 aromatic heterocycles. The maximum atomic E-state index is 10.2. The molecule has 0 aliphatic rings. The summed E-state index contributed by atoms with van der Waals surface area (Å²) >= 11 is 8.90. The summed E-state index contributed by atoms with van der Waals surface area (Å²) in [5.41, 5.74) is 1.08. The third kappa shape index (κ3) is 4.59. The van der Waals surface area contributed by atoms with Crippen LogP contribution in [0.25, 0.3) is 15.2 Å². The van der Waals surface area contributed by atoms with E-state index in [2.05, 4.69) is 16.3 Å². The summed E-state index contributed by atoms with van der Waals surface area (Å²) in [6, 6.07) is 15.3. The maximum Gasteiger partial charge on any atom is 0.217 e. The fourth-order valence-corrected chi connectivity index (χ4v) is 4.64. The van der Waals surface area contributed by atoms with Crippen LogP contribution in [0.2, 0.25) is 5.02 Å². The van der Waals surface area contributed by atoms with Gasteiger partial charge in [0.25, 0.3) is 0 Å². The zero-order chi connectivity index (χ0) is 19.3. The minimum atomic E-state index is -0.599. The Labute approximate surface area is 175 Å². The van der Waals surface area contributed by atoms with Crippen molar-refractivity contribution in [3.63, 3.8) is 0 Å². The van der Waals surface area contributed by atoms with Crippen LogP contribution in [0.5, 0.6) is 5.75 Å². The molecular formula is C19H18ClN3O3S2. The third-order valence-electron chi connectivity index (χ3n) is 3.94. The van der Waals surface area contributed by atoms with Gasteiger partial charge in [-0.2, -0.15) is 0 Å². The molecule has 2 aromatic carbocycles. The molecule has 0 saturated heterocycles. The summed E-state index contributed by atoms with van der Waals surface area (Å²) in [5.74, 6) is 1.21. The number of nitrogens with zero attached hydrogens (tertiary/aromatic N) is 3. The number of ether oxygens (including phenoxy) is 2. The van der Waals surface area contributed by atoms with Crippen LogP contribution in [0.3, 0.4) is 0 Å². The highest BCUT2D eigenvalue weighted by Gasteiger charge is 2.14. The van der Waals surface area contributed by atoms with Crippen LogP contribution < -0.4 is 4.74 Å². The topological polar surface area (TPSA) is 68.9 Å². The van der Waals surface area contributed by atoms with E-state index in [4.69, 9.17) is 21.1 Å². The highest BCUT2D eigenvalue weighted by molar-refractivity contribution is 7.99. The summed E-state index contributed by atoms with van der Waals surface area (Å²) < 4.78 is 14.2. The van der Waals surface area contributed by atoms with E-state index in [-0.39, 0.29) is 6.61 Å². The van der Waals surface area contributed by atoms with Crippen molar-refractivity contribution < 1.29 is 14.6 Å². The van der Waals surface area contributed by atoms with Crippen molar-refractivity contribution in [2.45, 2.75) is 11.3 Å². The highest BCUT2D eigenvalue weighted by Crippen LogP contribution is 2.29. The first-order valence-electron chi connectivity index (χ1n) is 8.70. The molecule has 0 amide bonds. The molecule has 1 N–H and O–H groups in total. The molecular weight excluding hydrogens is 418 g/mol. The van der Waals surface area contributed by atoms with E-state index in [0.29, 0.717) is 24.0 Å². The Bertz CT molecular complexity index is 1050. The largest absolute Gasteiger partial charge is 0.491 e. The van der Waals surface area contributed by atoms with Crippen LogP contribution in [0, 0.1) is 0 Å². The minimum Gasteiger partial charge on any atom is -0.491 e. The van der Waals surface area contributed by atoms with Gasteiger partial charge in [-0.25, -0.2) is 0 Å². The van der Waals surface area contributed by atoms with Gasteiger partial charge >= 0.3 is 0 Å². The molecule has 0 saturated carbocycles. The first kappa shape index (κ1) is 19.5. The van der Waals surface area contributed by atoms with Gasteiger partial charge in [-0.3, -0.25) is 4.40 Å². The zero-order valence-electron chi connectivity index (χ0n) is 14.8. The van der Waals surface area contributed by atoms with Crippen LogP contribution in [0.1, 0.15) is 0 Å². The highest BCUT2D eigenvalue weighted by atomic mass is 35.5. The fraction of sp³-hybridized carbons (Fsp3) is 0.263. The number of aliphatic hydroxyl groups excluding tert-OH is 1. The number of aromatic nitrogens is 3. The van der Waals surface area contributed by atoms with Crippen molar-refractivity contribution >= 4 is 49.9 Å². The SMILES string of the molecule is O[C@H](COCCOc1ccc(Cl)cc1)CSc1nnc2sc3ccccc3n12. The summed E-state index contributed by atoms with van der Waals surface area (Å²) in [4.78, 5) is 0.855. The van der Waals surface area contributed by atoms with E-state index >= 15 is 0 Å². The van der Waals surface area contributed by atoms with E-state index in [1.807, 2.05) is 22.6 Å². The predicted molar refractivity (Wildman–Crippen MR) is 113 cm³/mol. The number of rotatable bonds is 9. The number of halogens is 1. The Hall–Kier alpha value is -1.84. The van der Waals surface area contributed by atoms with Crippen molar-refractivity contribution in [3.05, 3.63) is 53.6 Å². The monoisotopic (exact) mass is 435 g/mol. The Balaban J connectivity index is 1.22. The van der Waals surface area contributed by atoms with Gasteiger partial charge in [-0.05, 0) is 36.4 Å². The Morgan fingerprint density at radius 3 is 2.79 bits per heavy atom. The van der Waals surface area contributed by atoms with Crippen LogP contribution in [0.15, 0.2) is 53.7 Å². The molecule has 4 rings (SSSR count). The lowest BCUT2D eigenvalue weighted by atomic mass is 10.3. The maximum absolute atomic E-state index is 10.2. The van der Waals surface area contributed by atoms with Crippen LogP contribution >= 0.6 is 34.7 Å². The van der Waals surface area contributed by atoms with Gasteiger partial charge in [0.1, 0.15) is 12.4 Å². The molecule has 9 heteroatoms. The molecule has 0 radical (unpaired) electrons. The van der Waals surface area contributed by atoms with Crippen molar-refractivity contribution in [2.75, 3.05) is 25.6 Å². The number of fused-ring (bicyclic) bond motifs is 3. The lowest BCUT2D eigenvalue weighted by Crippen LogP contribution is -2.20. The quantitative estimate of drug-likeness (QED) is 0.314. The van der Waals surface area contributed by atoms with Crippen LogP contribution in [-0.2, 0) is 4.74 Å². The van der Waals surface area contributed by atoms with Crippen molar-refractivity contribution in [3.8, 4) is 5.75 Å². The number of thioether (sulfide) groups is 1. The molecule has 0 bridgehead atoms. The number of hydrogen-bond acceptors (Lipinski definition) is 7. The first-order chi connectivity index (χ1) is 13.7. The van der Waals surface area contributed by atoms with Gasteiger partial charge in [-0.15, -0.1) is 10.2 Å². The van der Waals surface area contributed by atoms with Gasteiger partial charge in [-0.1, -0.05) is 46.8 Å². The minimum absolute atomic E-state index is 0.239. The van der Waals surface area contributed by atoms with E-state index in [0.717, 1.165) is 21.4 Å². The predicted octanol–water partition coefficient (Wildman–Crippen LogP) is 4.15. The summed E-state index contributed by atoms with van der Waals surface area (Å²) in [7, 11) is 0. The summed E-state index contributed by atoms with van der Waals surface area (Å²) in [6.45, 7) is 1.05. The second-order valence-electron chi connectivity index (χ2n) is 6.01. The summed E-state index contributed by atoms with van der Waals surface area (Å²) in [6.07, 6.45) is -0.599. The van der Waals surface area contributed by atoms with E-state index in [9.17, 15) is 5.11 Å². The summed E-state index contributed by atoms with van der Waals surface area (Å²) in [5, 5.41) is 20.1. The lowest BCUT2D eigenvalue weighted by molar-refractivity contribution is 0.0348. The van der Waals surface area contributed by atoms with Gasteiger partial charge in [0.05, 0.1) is 29.5 Å². The van der Waals surface area contributed by atoms with Gasteiger partial charge in [0, 0.05) is 10.8 Å². The second-order valence-corrected chi connectivity index (χ2v) is 8.45. The Morgan fingerprint density at radius 2 is 1.93 bits per heavy atom. The second kappa shape index (κ2) is 9.11. The van der Waals surface area contributed by atoms with Gasteiger partial charge < -0.3 is 14.6 Å². The van der Waals surface area contributed by atoms with Crippen molar-refractivity contribution in [2.24, 2.45) is 0 Å². The number of aliphatic hydroxyl groups is 1. The Morgan fingerprint density at radius 1 is 1.11 bits per heavy atom.